The van der Waals surface area contributed by atoms with Gasteiger partial charge in [-0.05, 0) is 25.0 Å². The summed E-state index contributed by atoms with van der Waals surface area (Å²) in [6.07, 6.45) is 1.34. The Morgan fingerprint density at radius 1 is 1.47 bits per heavy atom. The predicted octanol–water partition coefficient (Wildman–Crippen LogP) is 3.17. The highest BCUT2D eigenvalue weighted by atomic mass is 32.2. The topological polar surface area (TPSA) is 40.5 Å². The smallest absolute Gasteiger partial charge is 0.305 e. The van der Waals surface area contributed by atoms with E-state index in [-0.39, 0.29) is 6.42 Å². The number of carboxylic acids is 1. The van der Waals surface area contributed by atoms with Crippen LogP contribution in [-0.2, 0) is 4.79 Å². The van der Waals surface area contributed by atoms with Gasteiger partial charge >= 0.3 is 5.97 Å². The number of nitrogens with zero attached hydrogens (tertiary/aromatic N) is 1. The van der Waals surface area contributed by atoms with Crippen molar-refractivity contribution in [3.63, 3.8) is 0 Å². The van der Waals surface area contributed by atoms with E-state index in [0.29, 0.717) is 17.8 Å². The minimum Gasteiger partial charge on any atom is -0.481 e. The number of carboxylic acid groups (broad SMARTS) is 1. The molecule has 3 nitrogen and oxygen atoms in total. The Balaban J connectivity index is 2.18. The van der Waals surface area contributed by atoms with Crippen LogP contribution in [0.4, 0.5) is 5.69 Å². The molecular formula is C15H21NO2S. The molecule has 1 aliphatic heterocycles. The van der Waals surface area contributed by atoms with Crippen LogP contribution in [0.2, 0.25) is 0 Å². The molecule has 2 unspecified atom stereocenters. The van der Waals surface area contributed by atoms with Crippen molar-refractivity contribution in [2.24, 2.45) is 0 Å². The lowest BCUT2D eigenvalue weighted by Gasteiger charge is -2.31. The average molecular weight is 279 g/mol. The van der Waals surface area contributed by atoms with E-state index >= 15 is 0 Å². The third-order valence-corrected chi connectivity index (χ3v) is 4.95. The summed E-state index contributed by atoms with van der Waals surface area (Å²) in [5.74, 6) is 0.368. The second-order valence-electron chi connectivity index (χ2n) is 5.16. The van der Waals surface area contributed by atoms with E-state index in [0.717, 1.165) is 12.2 Å². The number of hydrogen-bond donors (Lipinski definition) is 1. The minimum atomic E-state index is -0.725. The van der Waals surface area contributed by atoms with Crippen LogP contribution in [0.15, 0.2) is 24.3 Å². The van der Waals surface area contributed by atoms with Crippen molar-refractivity contribution in [1.82, 2.24) is 0 Å². The maximum absolute atomic E-state index is 10.9. The van der Waals surface area contributed by atoms with E-state index in [1.807, 2.05) is 23.9 Å². The largest absolute Gasteiger partial charge is 0.481 e. The van der Waals surface area contributed by atoms with Gasteiger partial charge in [0.15, 0.2) is 0 Å². The highest BCUT2D eigenvalue weighted by molar-refractivity contribution is 8.00. The molecule has 0 aliphatic carbocycles. The molecule has 1 N–H and O–H groups in total. The van der Waals surface area contributed by atoms with Crippen LogP contribution < -0.4 is 4.90 Å². The van der Waals surface area contributed by atoms with E-state index in [1.54, 1.807) is 0 Å². The van der Waals surface area contributed by atoms with Crippen molar-refractivity contribution < 1.29 is 9.90 Å². The molecule has 0 bridgehead atoms. The Hall–Kier alpha value is -1.16. The van der Waals surface area contributed by atoms with Crippen LogP contribution in [0.25, 0.3) is 0 Å². The van der Waals surface area contributed by atoms with Crippen LogP contribution in [0.1, 0.15) is 25.3 Å². The van der Waals surface area contributed by atoms with Gasteiger partial charge in [0.1, 0.15) is 0 Å². The molecule has 104 valence electrons. The average Bonchev–Trinajstić information content (AvgIpc) is 2.78. The normalized spacial score (nSPS) is 22.4. The molecule has 0 spiro atoms. The van der Waals surface area contributed by atoms with Gasteiger partial charge in [-0.25, -0.2) is 0 Å². The summed E-state index contributed by atoms with van der Waals surface area (Å²) in [5.41, 5.74) is 2.40. The predicted molar refractivity (Wildman–Crippen MR) is 81.1 cm³/mol. The van der Waals surface area contributed by atoms with E-state index in [2.05, 4.69) is 30.9 Å². The molecule has 0 amide bonds. The van der Waals surface area contributed by atoms with E-state index in [4.69, 9.17) is 5.11 Å². The lowest BCUT2D eigenvalue weighted by Crippen LogP contribution is -2.37. The molecule has 1 heterocycles. The van der Waals surface area contributed by atoms with Gasteiger partial charge in [0, 0.05) is 29.3 Å². The second kappa shape index (κ2) is 6.33. The van der Waals surface area contributed by atoms with Crippen LogP contribution in [0, 0.1) is 6.92 Å². The first-order valence-corrected chi connectivity index (χ1v) is 7.78. The third kappa shape index (κ3) is 3.66. The lowest BCUT2D eigenvalue weighted by atomic mass is 10.1. The molecule has 1 aliphatic rings. The van der Waals surface area contributed by atoms with Gasteiger partial charge in [-0.2, -0.15) is 11.8 Å². The third-order valence-electron chi connectivity index (χ3n) is 3.61. The van der Waals surface area contributed by atoms with Gasteiger partial charge in [0.25, 0.3) is 0 Å². The van der Waals surface area contributed by atoms with E-state index in [1.165, 1.54) is 11.3 Å². The number of aryl methyl sites for hydroxylation is 1. The van der Waals surface area contributed by atoms with Crippen molar-refractivity contribution in [3.8, 4) is 0 Å². The molecule has 0 saturated carbocycles. The Kier molecular flexibility index (Phi) is 4.75. The number of benzene rings is 1. The lowest BCUT2D eigenvalue weighted by molar-refractivity contribution is -0.136. The van der Waals surface area contributed by atoms with Crippen molar-refractivity contribution in [1.29, 1.82) is 0 Å². The number of para-hydroxylation sites is 1. The number of anilines is 1. The Bertz CT molecular complexity index is 450. The molecular weight excluding hydrogens is 258 g/mol. The van der Waals surface area contributed by atoms with Crippen molar-refractivity contribution in [2.75, 3.05) is 17.2 Å². The Morgan fingerprint density at radius 3 is 2.79 bits per heavy atom. The maximum Gasteiger partial charge on any atom is 0.305 e. The summed E-state index contributed by atoms with van der Waals surface area (Å²) < 4.78 is 0. The zero-order valence-electron chi connectivity index (χ0n) is 11.5. The minimum absolute atomic E-state index is 0.198. The summed E-state index contributed by atoms with van der Waals surface area (Å²) in [6.45, 7) is 4.94. The zero-order chi connectivity index (χ0) is 13.8. The molecule has 1 saturated heterocycles. The zero-order valence-corrected chi connectivity index (χ0v) is 12.3. The van der Waals surface area contributed by atoms with E-state index < -0.39 is 5.97 Å². The van der Waals surface area contributed by atoms with Gasteiger partial charge in [0.05, 0.1) is 6.42 Å². The summed E-state index contributed by atoms with van der Waals surface area (Å²) >= 11 is 1.98. The molecule has 2 rings (SSSR count). The van der Waals surface area contributed by atoms with Crippen molar-refractivity contribution in [3.05, 3.63) is 29.8 Å². The molecule has 4 heteroatoms. The summed E-state index contributed by atoms with van der Waals surface area (Å²) in [7, 11) is 0. The summed E-state index contributed by atoms with van der Waals surface area (Å²) in [5, 5.41) is 9.61. The number of aliphatic carboxylic acids is 1. The molecule has 1 aromatic carbocycles. The molecule has 2 atom stereocenters. The van der Waals surface area contributed by atoms with Gasteiger partial charge in [-0.15, -0.1) is 0 Å². The first kappa shape index (κ1) is 14.3. The molecule has 0 aromatic heterocycles. The number of rotatable bonds is 5. The number of thioether (sulfide) groups is 1. The number of carbonyl (C=O) groups is 1. The molecule has 1 fully saturated rings. The standard InChI is InChI=1S/C15H21NO2S/c1-11-5-3-4-6-14(11)16(8-7-15(17)18)13-9-12(2)19-10-13/h3-6,12-13H,7-10H2,1-2H3,(H,17,18). The first-order valence-electron chi connectivity index (χ1n) is 6.73. The van der Waals surface area contributed by atoms with Gasteiger partial charge in [-0.3, -0.25) is 4.79 Å². The van der Waals surface area contributed by atoms with E-state index in [9.17, 15) is 4.79 Å². The first-order chi connectivity index (χ1) is 9.08. The quantitative estimate of drug-likeness (QED) is 0.899. The highest BCUT2D eigenvalue weighted by Crippen LogP contribution is 2.33. The van der Waals surface area contributed by atoms with Crippen molar-refractivity contribution >= 4 is 23.4 Å². The summed E-state index contributed by atoms with van der Waals surface area (Å²) in [4.78, 5) is 13.2. The fraction of sp³-hybridized carbons (Fsp3) is 0.533. The van der Waals surface area contributed by atoms with Crippen LogP contribution in [0.3, 0.4) is 0 Å². The van der Waals surface area contributed by atoms with Gasteiger partial charge in [0.2, 0.25) is 0 Å². The second-order valence-corrected chi connectivity index (χ2v) is 6.63. The molecule has 0 radical (unpaired) electrons. The highest BCUT2D eigenvalue weighted by Gasteiger charge is 2.28. The monoisotopic (exact) mass is 279 g/mol. The molecule has 19 heavy (non-hydrogen) atoms. The van der Waals surface area contributed by atoms with Crippen LogP contribution >= 0.6 is 11.8 Å². The fourth-order valence-electron chi connectivity index (χ4n) is 2.61. The SMILES string of the molecule is Cc1ccccc1N(CCC(=O)O)C1CSC(C)C1. The van der Waals surface area contributed by atoms with Gasteiger partial charge < -0.3 is 10.0 Å². The number of hydrogen-bond acceptors (Lipinski definition) is 3. The summed E-state index contributed by atoms with van der Waals surface area (Å²) in [6, 6.07) is 8.71. The van der Waals surface area contributed by atoms with Crippen LogP contribution in [0.5, 0.6) is 0 Å². The van der Waals surface area contributed by atoms with Crippen LogP contribution in [-0.4, -0.2) is 34.7 Å². The fourth-order valence-corrected chi connectivity index (χ4v) is 3.84. The maximum atomic E-state index is 10.9. The van der Waals surface area contributed by atoms with Gasteiger partial charge in [-0.1, -0.05) is 25.1 Å². The molecule has 1 aromatic rings. The van der Waals surface area contributed by atoms with Crippen molar-refractivity contribution in [2.45, 2.75) is 38.0 Å². The Labute approximate surface area is 119 Å². The Morgan fingerprint density at radius 2 is 2.21 bits per heavy atom.